The first kappa shape index (κ1) is 25.8. The highest BCUT2D eigenvalue weighted by Gasteiger charge is 2.11. The molecule has 7 heteroatoms. The van der Waals surface area contributed by atoms with Gasteiger partial charge in [0, 0.05) is 22.9 Å². The zero-order chi connectivity index (χ0) is 26.7. The molecule has 188 valence electrons. The van der Waals surface area contributed by atoms with Gasteiger partial charge in [-0.1, -0.05) is 60.2 Å². The van der Waals surface area contributed by atoms with Crippen LogP contribution in [0.15, 0.2) is 114 Å². The normalized spacial score (nSPS) is 10.9. The molecule has 0 saturated heterocycles. The summed E-state index contributed by atoms with van der Waals surface area (Å²) < 4.78 is 5.52. The van der Waals surface area contributed by atoms with E-state index in [4.69, 9.17) is 4.74 Å². The van der Waals surface area contributed by atoms with Crippen molar-refractivity contribution in [3.8, 4) is 5.75 Å². The minimum Gasteiger partial charge on any atom is -0.422 e. The van der Waals surface area contributed by atoms with Gasteiger partial charge in [0.1, 0.15) is 5.75 Å². The molecule has 0 spiro atoms. The maximum absolute atomic E-state index is 12.5. The van der Waals surface area contributed by atoms with E-state index >= 15 is 0 Å². The van der Waals surface area contributed by atoms with Crippen LogP contribution in [0.5, 0.6) is 5.75 Å². The molecule has 0 radical (unpaired) electrons. The summed E-state index contributed by atoms with van der Waals surface area (Å²) in [7, 11) is 0. The van der Waals surface area contributed by atoms with Crippen molar-refractivity contribution < 1.29 is 19.1 Å². The van der Waals surface area contributed by atoms with Crippen LogP contribution in [-0.4, -0.2) is 24.0 Å². The Kier molecular flexibility index (Phi) is 8.55. The lowest BCUT2D eigenvalue weighted by atomic mass is 10.1. The van der Waals surface area contributed by atoms with Gasteiger partial charge in [0.05, 0.1) is 11.8 Å². The van der Waals surface area contributed by atoms with Crippen molar-refractivity contribution in [2.75, 3.05) is 5.32 Å². The van der Waals surface area contributed by atoms with Crippen molar-refractivity contribution in [3.63, 3.8) is 0 Å². The van der Waals surface area contributed by atoms with Crippen LogP contribution in [0.3, 0.4) is 0 Å². The largest absolute Gasteiger partial charge is 0.422 e. The van der Waals surface area contributed by atoms with E-state index in [-0.39, 0.29) is 5.91 Å². The van der Waals surface area contributed by atoms with E-state index in [0.717, 1.165) is 11.1 Å². The highest BCUT2D eigenvalue weighted by Crippen LogP contribution is 2.18. The van der Waals surface area contributed by atoms with Crippen LogP contribution in [-0.2, 0) is 4.79 Å². The number of para-hydroxylation sites is 1. The van der Waals surface area contributed by atoms with Crippen LogP contribution in [0, 0.1) is 6.92 Å². The number of rotatable bonds is 8. The third kappa shape index (κ3) is 7.35. The van der Waals surface area contributed by atoms with E-state index in [0.29, 0.717) is 28.1 Å². The molecule has 4 aromatic carbocycles. The van der Waals surface area contributed by atoms with E-state index in [1.807, 2.05) is 49.4 Å². The molecule has 38 heavy (non-hydrogen) atoms. The fourth-order valence-electron chi connectivity index (χ4n) is 3.38. The maximum atomic E-state index is 12.5. The summed E-state index contributed by atoms with van der Waals surface area (Å²) in [5.41, 5.74) is 6.29. The lowest BCUT2D eigenvalue weighted by Gasteiger charge is -2.07. The van der Waals surface area contributed by atoms with Gasteiger partial charge in [0.2, 0.25) is 5.91 Å². The molecule has 7 nitrogen and oxygen atoms in total. The number of hydrogen-bond donors (Lipinski definition) is 2. The Morgan fingerprint density at radius 2 is 1.42 bits per heavy atom. The van der Waals surface area contributed by atoms with Gasteiger partial charge < -0.3 is 10.1 Å². The second-order valence-corrected chi connectivity index (χ2v) is 8.30. The Bertz CT molecular complexity index is 1480. The Morgan fingerprint density at radius 1 is 0.763 bits per heavy atom. The minimum atomic E-state index is -0.488. The smallest absolute Gasteiger partial charge is 0.343 e. The Morgan fingerprint density at radius 3 is 2.16 bits per heavy atom. The maximum Gasteiger partial charge on any atom is 0.343 e. The molecule has 4 aromatic rings. The van der Waals surface area contributed by atoms with Crippen LogP contribution in [0.1, 0.15) is 37.4 Å². The Hall–Kier alpha value is -5.30. The molecule has 0 aliphatic heterocycles. The average molecular weight is 504 g/mol. The lowest BCUT2D eigenvalue weighted by molar-refractivity contribution is -0.111. The molecule has 0 saturated carbocycles. The standard InChI is InChI=1S/C31H25N3O4/c1-22-11-14-25(15-12-22)31(37)38-28-10-6-5-9-26(28)21-32-34-30(36)24-16-18-27(19-17-24)33-29(35)20-13-23-7-3-2-4-8-23/h2-21H,1H3,(H,33,35)(H,34,36)/b20-13+,32-21-. The molecular formula is C31H25N3O4. The number of benzene rings is 4. The molecule has 2 amide bonds. The average Bonchev–Trinajstić information content (AvgIpc) is 2.94. The Balaban J connectivity index is 1.32. The summed E-state index contributed by atoms with van der Waals surface area (Å²) >= 11 is 0. The number of ether oxygens (including phenoxy) is 1. The zero-order valence-corrected chi connectivity index (χ0v) is 20.6. The third-order valence-electron chi connectivity index (χ3n) is 5.42. The molecule has 2 N–H and O–H groups in total. The summed E-state index contributed by atoms with van der Waals surface area (Å²) in [5.74, 6) is -0.885. The number of carbonyl (C=O) groups is 3. The van der Waals surface area contributed by atoms with Gasteiger partial charge in [-0.2, -0.15) is 5.10 Å². The highest BCUT2D eigenvalue weighted by molar-refractivity contribution is 6.02. The van der Waals surface area contributed by atoms with Crippen LogP contribution < -0.4 is 15.5 Å². The Labute approximate surface area is 220 Å². The molecule has 0 aliphatic carbocycles. The van der Waals surface area contributed by atoms with Crippen molar-refractivity contribution >= 4 is 35.8 Å². The van der Waals surface area contributed by atoms with E-state index in [1.165, 1.54) is 12.3 Å². The fourth-order valence-corrected chi connectivity index (χ4v) is 3.38. The van der Waals surface area contributed by atoms with E-state index in [9.17, 15) is 14.4 Å². The van der Waals surface area contributed by atoms with Crippen molar-refractivity contribution in [3.05, 3.63) is 137 Å². The summed E-state index contributed by atoms with van der Waals surface area (Å²) in [4.78, 5) is 37.1. The number of esters is 1. The monoisotopic (exact) mass is 503 g/mol. The van der Waals surface area contributed by atoms with Crippen LogP contribution in [0.25, 0.3) is 6.08 Å². The van der Waals surface area contributed by atoms with Gasteiger partial charge in [0.25, 0.3) is 5.91 Å². The molecule has 0 bridgehead atoms. The topological polar surface area (TPSA) is 96.9 Å². The number of carbonyl (C=O) groups excluding carboxylic acids is 3. The van der Waals surface area contributed by atoms with Crippen molar-refractivity contribution in [2.45, 2.75) is 6.92 Å². The number of aryl methyl sites for hydroxylation is 1. The molecular weight excluding hydrogens is 478 g/mol. The molecule has 0 fully saturated rings. The van der Waals surface area contributed by atoms with Gasteiger partial charge in [0.15, 0.2) is 0 Å². The van der Waals surface area contributed by atoms with Crippen LogP contribution in [0.2, 0.25) is 0 Å². The van der Waals surface area contributed by atoms with Gasteiger partial charge in [-0.3, -0.25) is 9.59 Å². The molecule has 0 atom stereocenters. The van der Waals surface area contributed by atoms with Crippen molar-refractivity contribution in [2.24, 2.45) is 5.10 Å². The van der Waals surface area contributed by atoms with E-state index < -0.39 is 11.9 Å². The predicted octanol–water partition coefficient (Wildman–Crippen LogP) is 5.63. The molecule has 0 heterocycles. The fraction of sp³-hybridized carbons (Fsp3) is 0.0323. The molecule has 0 aromatic heterocycles. The first-order valence-corrected chi connectivity index (χ1v) is 11.8. The summed E-state index contributed by atoms with van der Waals surface area (Å²) in [6.07, 6.45) is 4.57. The summed E-state index contributed by atoms with van der Waals surface area (Å²) in [5, 5.41) is 6.75. The predicted molar refractivity (Wildman–Crippen MR) is 148 cm³/mol. The van der Waals surface area contributed by atoms with Crippen LogP contribution in [0.4, 0.5) is 5.69 Å². The first-order chi connectivity index (χ1) is 18.5. The summed E-state index contributed by atoms with van der Waals surface area (Å²) in [6, 6.07) is 29.9. The van der Waals surface area contributed by atoms with E-state index in [1.54, 1.807) is 66.7 Å². The second-order valence-electron chi connectivity index (χ2n) is 8.30. The zero-order valence-electron chi connectivity index (χ0n) is 20.6. The SMILES string of the molecule is Cc1ccc(C(=O)Oc2ccccc2/C=N\NC(=O)c2ccc(NC(=O)/C=C/c3ccccc3)cc2)cc1. The van der Waals surface area contributed by atoms with Gasteiger partial charge in [-0.15, -0.1) is 0 Å². The number of hydrazone groups is 1. The molecule has 4 rings (SSSR count). The van der Waals surface area contributed by atoms with Gasteiger partial charge in [-0.25, -0.2) is 10.2 Å². The minimum absolute atomic E-state index is 0.280. The first-order valence-electron chi connectivity index (χ1n) is 11.8. The number of amides is 2. The van der Waals surface area contributed by atoms with Crippen molar-refractivity contribution in [1.82, 2.24) is 5.43 Å². The van der Waals surface area contributed by atoms with Gasteiger partial charge >= 0.3 is 5.97 Å². The van der Waals surface area contributed by atoms with Crippen LogP contribution >= 0.6 is 0 Å². The molecule has 0 aliphatic rings. The van der Waals surface area contributed by atoms with Crippen molar-refractivity contribution in [1.29, 1.82) is 0 Å². The number of nitrogens with zero attached hydrogens (tertiary/aromatic N) is 1. The molecule has 0 unspecified atom stereocenters. The lowest BCUT2D eigenvalue weighted by Crippen LogP contribution is -2.18. The number of nitrogens with one attached hydrogen (secondary N) is 2. The second kappa shape index (κ2) is 12.6. The highest BCUT2D eigenvalue weighted by atomic mass is 16.5. The summed E-state index contributed by atoms with van der Waals surface area (Å²) in [6.45, 7) is 1.94. The quantitative estimate of drug-likeness (QED) is 0.107. The number of anilines is 1. The van der Waals surface area contributed by atoms with E-state index in [2.05, 4.69) is 15.8 Å². The third-order valence-corrected chi connectivity index (χ3v) is 5.42. The number of hydrogen-bond acceptors (Lipinski definition) is 5. The van der Waals surface area contributed by atoms with Gasteiger partial charge in [-0.05, 0) is 67.1 Å².